The van der Waals surface area contributed by atoms with E-state index < -0.39 is 4.92 Å². The number of nitro groups is 1. The van der Waals surface area contributed by atoms with Gasteiger partial charge in [0.05, 0.1) is 9.83 Å². The molecule has 0 saturated carbocycles. The lowest BCUT2D eigenvalue weighted by Crippen LogP contribution is -2.29. The van der Waals surface area contributed by atoms with Crippen molar-refractivity contribution in [1.29, 1.82) is 0 Å². The summed E-state index contributed by atoms with van der Waals surface area (Å²) in [6, 6.07) is 9.61. The molecule has 1 aliphatic heterocycles. The maximum atomic E-state index is 12.5. The summed E-state index contributed by atoms with van der Waals surface area (Å²) in [5.74, 6) is 0.809. The second kappa shape index (κ2) is 8.47. The molecule has 1 amide bonds. The van der Waals surface area contributed by atoms with Crippen molar-refractivity contribution in [2.24, 2.45) is 0 Å². The van der Waals surface area contributed by atoms with Gasteiger partial charge in [-0.15, -0.1) is 0 Å². The fraction of sp³-hybridized carbons (Fsp3) is 0.222. The molecule has 7 nitrogen and oxygen atoms in total. The largest absolute Gasteiger partial charge is 0.457 e. The Balaban J connectivity index is 1.77. The molecule has 9 heteroatoms. The number of hydrogen-bond donors (Lipinski definition) is 0. The molecule has 0 bridgehead atoms. The first-order valence-corrected chi connectivity index (χ1v) is 9.31. The third kappa shape index (κ3) is 4.44. The molecule has 140 valence electrons. The van der Waals surface area contributed by atoms with Crippen molar-refractivity contribution in [2.45, 2.75) is 6.42 Å². The van der Waals surface area contributed by atoms with Crippen LogP contribution >= 0.6 is 24.0 Å². The smallest absolute Gasteiger partial charge is 0.270 e. The van der Waals surface area contributed by atoms with Crippen molar-refractivity contribution in [3.63, 3.8) is 0 Å². The second-order valence-electron chi connectivity index (χ2n) is 5.69. The van der Waals surface area contributed by atoms with E-state index in [1.54, 1.807) is 42.4 Å². The summed E-state index contributed by atoms with van der Waals surface area (Å²) in [6.45, 7) is 1.06. The van der Waals surface area contributed by atoms with E-state index in [2.05, 4.69) is 0 Å². The van der Waals surface area contributed by atoms with Crippen LogP contribution in [-0.2, 0) is 9.53 Å². The van der Waals surface area contributed by atoms with E-state index in [4.69, 9.17) is 21.4 Å². The van der Waals surface area contributed by atoms with Gasteiger partial charge in [-0.25, -0.2) is 0 Å². The first-order valence-electron chi connectivity index (χ1n) is 8.08. The summed E-state index contributed by atoms with van der Waals surface area (Å²) < 4.78 is 11.2. The van der Waals surface area contributed by atoms with Crippen LogP contribution < -0.4 is 0 Å². The first-order chi connectivity index (χ1) is 13.0. The molecule has 0 unspecified atom stereocenters. The average molecular weight is 404 g/mol. The minimum Gasteiger partial charge on any atom is -0.457 e. The van der Waals surface area contributed by atoms with Gasteiger partial charge in [0.1, 0.15) is 15.8 Å². The zero-order valence-corrected chi connectivity index (χ0v) is 16.0. The molecular formula is C18H16N2O5S2. The lowest BCUT2D eigenvalue weighted by molar-refractivity contribution is -0.384. The maximum Gasteiger partial charge on any atom is 0.270 e. The van der Waals surface area contributed by atoms with Crippen LogP contribution in [0.4, 0.5) is 5.69 Å². The summed E-state index contributed by atoms with van der Waals surface area (Å²) in [7, 11) is 1.61. The van der Waals surface area contributed by atoms with Crippen LogP contribution in [0.1, 0.15) is 12.2 Å². The number of furan rings is 1. The van der Waals surface area contributed by atoms with Crippen molar-refractivity contribution in [2.75, 3.05) is 20.3 Å². The molecule has 1 saturated heterocycles. The lowest BCUT2D eigenvalue weighted by Gasteiger charge is -2.13. The molecule has 3 rings (SSSR count). The van der Waals surface area contributed by atoms with E-state index in [9.17, 15) is 14.9 Å². The number of hydrogen-bond acceptors (Lipinski definition) is 7. The molecule has 0 radical (unpaired) electrons. The van der Waals surface area contributed by atoms with Crippen molar-refractivity contribution >= 4 is 46.0 Å². The number of amides is 1. The van der Waals surface area contributed by atoms with E-state index >= 15 is 0 Å². The maximum absolute atomic E-state index is 12.5. The third-order valence-corrected chi connectivity index (χ3v) is 5.22. The Morgan fingerprint density at radius 2 is 2.19 bits per heavy atom. The van der Waals surface area contributed by atoms with Crippen LogP contribution in [0.3, 0.4) is 0 Å². The van der Waals surface area contributed by atoms with Crippen molar-refractivity contribution in [3.8, 4) is 11.3 Å². The highest BCUT2D eigenvalue weighted by Crippen LogP contribution is 2.34. The van der Waals surface area contributed by atoms with Crippen molar-refractivity contribution in [3.05, 3.63) is 57.2 Å². The third-order valence-electron chi connectivity index (χ3n) is 3.85. The van der Waals surface area contributed by atoms with E-state index in [0.717, 1.165) is 0 Å². The van der Waals surface area contributed by atoms with Gasteiger partial charge in [-0.2, -0.15) is 0 Å². The molecule has 0 N–H and O–H groups in total. The van der Waals surface area contributed by atoms with Crippen LogP contribution in [-0.4, -0.2) is 40.3 Å². The molecule has 1 aliphatic rings. The molecule has 2 heterocycles. The standard InChI is InChI=1S/C18H16N2O5S2/c1-24-9-3-8-19-17(21)16(27-18(19)26)11-14-6-7-15(25-14)12-4-2-5-13(10-12)20(22)23/h2,4-7,10-11H,3,8-9H2,1H3/b16-11+. The molecule has 27 heavy (non-hydrogen) atoms. The number of rotatable bonds is 7. The summed E-state index contributed by atoms with van der Waals surface area (Å²) in [5, 5.41) is 10.9. The number of carbonyl (C=O) groups is 1. The number of nitro benzene ring substituents is 1. The molecule has 2 aromatic rings. The minimum absolute atomic E-state index is 0.0117. The number of nitrogens with zero attached hydrogens (tertiary/aromatic N) is 2. The topological polar surface area (TPSA) is 85.8 Å². The molecule has 1 fully saturated rings. The van der Waals surface area contributed by atoms with Gasteiger partial charge < -0.3 is 9.15 Å². The molecule has 1 aromatic carbocycles. The SMILES string of the molecule is COCCCN1C(=O)/C(=C\c2ccc(-c3cccc([N+](=O)[O-])c3)o2)SC1=S. The number of non-ortho nitro benzene ring substituents is 1. The number of thiocarbonyl (C=S) groups is 1. The minimum atomic E-state index is -0.456. The van der Waals surface area contributed by atoms with Crippen molar-refractivity contribution in [1.82, 2.24) is 4.90 Å². The zero-order chi connectivity index (χ0) is 19.4. The van der Waals surface area contributed by atoms with Crippen molar-refractivity contribution < 1.29 is 18.9 Å². The normalized spacial score (nSPS) is 15.7. The number of ether oxygens (including phenoxy) is 1. The Labute approximate surface area is 165 Å². The fourth-order valence-electron chi connectivity index (χ4n) is 2.55. The van der Waals surface area contributed by atoms with Crippen LogP contribution in [0.5, 0.6) is 0 Å². The van der Waals surface area contributed by atoms with Gasteiger partial charge in [0.15, 0.2) is 0 Å². The molecule has 0 atom stereocenters. The predicted molar refractivity (Wildman–Crippen MR) is 107 cm³/mol. The van der Waals surface area contributed by atoms with Gasteiger partial charge in [0, 0.05) is 44.0 Å². The number of carbonyl (C=O) groups excluding carboxylic acids is 1. The first kappa shape index (κ1) is 19.3. The fourth-order valence-corrected chi connectivity index (χ4v) is 3.84. The van der Waals surface area contributed by atoms with Gasteiger partial charge in [0.2, 0.25) is 0 Å². The van der Waals surface area contributed by atoms with Gasteiger partial charge in [-0.1, -0.05) is 36.1 Å². The Morgan fingerprint density at radius 1 is 1.37 bits per heavy atom. The highest BCUT2D eigenvalue weighted by molar-refractivity contribution is 8.26. The number of methoxy groups -OCH3 is 1. The van der Waals surface area contributed by atoms with Crippen LogP contribution in [0.25, 0.3) is 17.4 Å². The molecule has 1 aromatic heterocycles. The zero-order valence-electron chi connectivity index (χ0n) is 14.4. The van der Waals surface area contributed by atoms with Crippen LogP contribution in [0.2, 0.25) is 0 Å². The summed E-state index contributed by atoms with van der Waals surface area (Å²) in [6.07, 6.45) is 2.34. The monoisotopic (exact) mass is 404 g/mol. The van der Waals surface area contributed by atoms with E-state index in [0.29, 0.717) is 45.9 Å². The lowest BCUT2D eigenvalue weighted by atomic mass is 10.1. The second-order valence-corrected chi connectivity index (χ2v) is 7.36. The van der Waals surface area contributed by atoms with E-state index in [1.807, 2.05) is 0 Å². The highest BCUT2D eigenvalue weighted by atomic mass is 32.2. The Morgan fingerprint density at radius 3 is 2.93 bits per heavy atom. The van der Waals surface area contributed by atoms with Gasteiger partial charge >= 0.3 is 0 Å². The predicted octanol–water partition coefficient (Wildman–Crippen LogP) is 4.09. The van der Waals surface area contributed by atoms with Crippen LogP contribution in [0, 0.1) is 10.1 Å². The molecule has 0 spiro atoms. The summed E-state index contributed by atoms with van der Waals surface area (Å²) in [4.78, 5) is 25.0. The molecular weight excluding hydrogens is 388 g/mol. The number of benzene rings is 1. The van der Waals surface area contributed by atoms with E-state index in [1.165, 1.54) is 23.9 Å². The summed E-state index contributed by atoms with van der Waals surface area (Å²) in [5.41, 5.74) is 0.582. The van der Waals surface area contributed by atoms with Crippen LogP contribution in [0.15, 0.2) is 45.7 Å². The Kier molecular flexibility index (Phi) is 6.04. The Bertz CT molecular complexity index is 922. The van der Waals surface area contributed by atoms with Gasteiger partial charge in [-0.05, 0) is 18.6 Å². The quantitative estimate of drug-likeness (QED) is 0.226. The molecule has 0 aliphatic carbocycles. The van der Waals surface area contributed by atoms with Gasteiger partial charge in [-0.3, -0.25) is 19.8 Å². The highest BCUT2D eigenvalue weighted by Gasteiger charge is 2.31. The van der Waals surface area contributed by atoms with Gasteiger partial charge in [0.25, 0.3) is 11.6 Å². The summed E-state index contributed by atoms with van der Waals surface area (Å²) >= 11 is 6.50. The Hall–Kier alpha value is -2.49. The number of thioether (sulfide) groups is 1. The van der Waals surface area contributed by atoms with E-state index in [-0.39, 0.29) is 11.6 Å². The average Bonchev–Trinajstić information content (AvgIpc) is 3.22.